The molecule has 2 aliphatic rings. The molecule has 0 aliphatic heterocycles. The van der Waals surface area contributed by atoms with E-state index in [1.165, 1.54) is 43.9 Å². The van der Waals surface area contributed by atoms with Gasteiger partial charge in [-0.15, -0.1) is 0 Å². The van der Waals surface area contributed by atoms with Crippen LogP contribution < -0.4 is 4.74 Å². The van der Waals surface area contributed by atoms with Crippen molar-refractivity contribution < 1.29 is 9.53 Å². The Kier molecular flexibility index (Phi) is 3.84. The number of hydrogen-bond acceptors (Lipinski definition) is 2. The van der Waals surface area contributed by atoms with E-state index in [0.29, 0.717) is 11.7 Å². The number of benzene rings is 2. The van der Waals surface area contributed by atoms with Gasteiger partial charge in [0.2, 0.25) is 0 Å². The summed E-state index contributed by atoms with van der Waals surface area (Å²) < 4.78 is 5.88. The number of ether oxygens (including phenoxy) is 1. The van der Waals surface area contributed by atoms with E-state index in [0.717, 1.165) is 18.2 Å². The van der Waals surface area contributed by atoms with Crippen LogP contribution >= 0.6 is 0 Å². The minimum absolute atomic E-state index is 0.0252. The fraction of sp³-hybridized carbons (Fsp3) is 0.476. The average molecular weight is 308 g/mol. The summed E-state index contributed by atoms with van der Waals surface area (Å²) in [4.78, 5) is 13.0. The van der Waals surface area contributed by atoms with Gasteiger partial charge in [-0.1, -0.05) is 56.0 Å². The largest absolute Gasteiger partial charge is 0.426 e. The highest BCUT2D eigenvalue weighted by Crippen LogP contribution is 2.51. The van der Waals surface area contributed by atoms with Crippen LogP contribution in [-0.2, 0) is 4.79 Å². The second kappa shape index (κ2) is 5.99. The van der Waals surface area contributed by atoms with Crippen molar-refractivity contribution in [3.8, 4) is 5.75 Å². The molecule has 0 saturated heterocycles. The smallest absolute Gasteiger partial charge is 0.317 e. The normalized spacial score (nSPS) is 27.4. The first-order valence-electron chi connectivity index (χ1n) is 8.99. The third-order valence-corrected chi connectivity index (χ3v) is 5.97. The Balaban J connectivity index is 1.60. The maximum absolute atomic E-state index is 13.0. The zero-order valence-corrected chi connectivity index (χ0v) is 13.6. The molecule has 0 unspecified atom stereocenters. The molecule has 0 heterocycles. The van der Waals surface area contributed by atoms with Gasteiger partial charge >= 0.3 is 5.97 Å². The summed E-state index contributed by atoms with van der Waals surface area (Å²) in [6.45, 7) is 0. The van der Waals surface area contributed by atoms with Crippen LogP contribution in [0.1, 0.15) is 51.4 Å². The molecule has 2 fully saturated rings. The zero-order valence-electron chi connectivity index (χ0n) is 13.6. The average Bonchev–Trinajstić information content (AvgIpc) is 2.61. The summed E-state index contributed by atoms with van der Waals surface area (Å²) in [6.07, 6.45) is 9.33. The van der Waals surface area contributed by atoms with Crippen LogP contribution in [0.4, 0.5) is 0 Å². The van der Waals surface area contributed by atoms with Crippen molar-refractivity contribution in [3.05, 3.63) is 42.5 Å². The van der Waals surface area contributed by atoms with Gasteiger partial charge in [0, 0.05) is 0 Å². The lowest BCUT2D eigenvalue weighted by atomic mass is 9.59. The Morgan fingerprint density at radius 2 is 1.61 bits per heavy atom. The van der Waals surface area contributed by atoms with Gasteiger partial charge in [0.15, 0.2) is 0 Å². The molecule has 120 valence electrons. The number of hydrogen-bond donors (Lipinski definition) is 0. The third-order valence-electron chi connectivity index (χ3n) is 5.97. The predicted octanol–water partition coefficient (Wildman–Crippen LogP) is 5.50. The van der Waals surface area contributed by atoms with Crippen LogP contribution in [0.15, 0.2) is 42.5 Å². The highest BCUT2D eigenvalue weighted by atomic mass is 16.5. The number of fused-ring (bicyclic) bond motifs is 2. The first-order valence-corrected chi connectivity index (χ1v) is 8.99. The Morgan fingerprint density at radius 1 is 0.913 bits per heavy atom. The van der Waals surface area contributed by atoms with Gasteiger partial charge < -0.3 is 4.74 Å². The lowest BCUT2D eigenvalue weighted by molar-refractivity contribution is -0.155. The summed E-state index contributed by atoms with van der Waals surface area (Å²) in [7, 11) is 0. The molecule has 2 aromatic carbocycles. The van der Waals surface area contributed by atoms with Crippen LogP contribution in [0.2, 0.25) is 0 Å². The molecule has 2 nitrogen and oxygen atoms in total. The van der Waals surface area contributed by atoms with Gasteiger partial charge in [0.1, 0.15) is 5.75 Å². The van der Waals surface area contributed by atoms with Crippen molar-refractivity contribution in [2.75, 3.05) is 0 Å². The molecule has 23 heavy (non-hydrogen) atoms. The maximum atomic E-state index is 13.0. The van der Waals surface area contributed by atoms with Crippen LogP contribution in [0.3, 0.4) is 0 Å². The molecule has 0 atom stereocenters. The quantitative estimate of drug-likeness (QED) is 0.541. The van der Waals surface area contributed by atoms with E-state index in [1.54, 1.807) is 0 Å². The molecule has 2 aromatic rings. The Hall–Kier alpha value is -1.83. The molecule has 0 amide bonds. The van der Waals surface area contributed by atoms with Crippen LogP contribution in [0, 0.1) is 11.3 Å². The summed E-state index contributed by atoms with van der Waals surface area (Å²) in [5.41, 5.74) is -0.206. The second-order valence-corrected chi connectivity index (χ2v) is 7.24. The van der Waals surface area contributed by atoms with Gasteiger partial charge in [-0.2, -0.15) is 0 Å². The van der Waals surface area contributed by atoms with Crippen LogP contribution in [-0.4, -0.2) is 5.97 Å². The summed E-state index contributed by atoms with van der Waals surface area (Å²) in [6, 6.07) is 14.1. The second-order valence-electron chi connectivity index (χ2n) is 7.24. The lowest BCUT2D eigenvalue weighted by Gasteiger charge is -2.45. The summed E-state index contributed by atoms with van der Waals surface area (Å²) >= 11 is 0. The van der Waals surface area contributed by atoms with Gasteiger partial charge in [0.05, 0.1) is 5.41 Å². The van der Waals surface area contributed by atoms with E-state index in [2.05, 4.69) is 12.1 Å². The minimum atomic E-state index is -0.206. The summed E-state index contributed by atoms with van der Waals surface area (Å²) in [5.74, 6) is 1.26. The molecular formula is C21H24O2. The number of rotatable bonds is 2. The molecular weight excluding hydrogens is 284 g/mol. The molecule has 0 spiro atoms. The third kappa shape index (κ3) is 2.65. The van der Waals surface area contributed by atoms with Gasteiger partial charge in [0.25, 0.3) is 0 Å². The van der Waals surface area contributed by atoms with Crippen molar-refractivity contribution in [1.29, 1.82) is 0 Å². The van der Waals surface area contributed by atoms with Crippen molar-refractivity contribution >= 4 is 16.7 Å². The van der Waals surface area contributed by atoms with E-state index in [4.69, 9.17) is 4.74 Å². The molecule has 0 aromatic heterocycles. The number of carbonyl (C=O) groups is 1. The number of carbonyl (C=O) groups excluding carboxylic acids is 1. The SMILES string of the molecule is O=C(Oc1ccc2ccccc2c1)C12CCCCC1CCCC2. The Morgan fingerprint density at radius 3 is 2.35 bits per heavy atom. The first kappa shape index (κ1) is 14.7. The lowest BCUT2D eigenvalue weighted by Crippen LogP contribution is -2.45. The molecule has 2 aliphatic carbocycles. The Labute approximate surface area is 137 Å². The highest BCUT2D eigenvalue weighted by molar-refractivity contribution is 5.85. The Bertz CT molecular complexity index is 707. The topological polar surface area (TPSA) is 26.3 Å². The van der Waals surface area contributed by atoms with Gasteiger partial charge in [-0.3, -0.25) is 4.79 Å². The van der Waals surface area contributed by atoms with Crippen LogP contribution in [0.5, 0.6) is 5.75 Å². The zero-order chi connectivity index (χ0) is 15.7. The van der Waals surface area contributed by atoms with Crippen LogP contribution in [0.25, 0.3) is 10.8 Å². The monoisotopic (exact) mass is 308 g/mol. The van der Waals surface area contributed by atoms with Crippen molar-refractivity contribution in [3.63, 3.8) is 0 Å². The van der Waals surface area contributed by atoms with E-state index in [9.17, 15) is 4.79 Å². The molecule has 2 heteroatoms. The van der Waals surface area contributed by atoms with Crippen molar-refractivity contribution in [2.45, 2.75) is 51.4 Å². The fourth-order valence-corrected chi connectivity index (χ4v) is 4.70. The van der Waals surface area contributed by atoms with E-state index in [-0.39, 0.29) is 11.4 Å². The molecule has 2 saturated carbocycles. The highest BCUT2D eigenvalue weighted by Gasteiger charge is 2.49. The number of esters is 1. The molecule has 0 N–H and O–H groups in total. The molecule has 0 radical (unpaired) electrons. The van der Waals surface area contributed by atoms with E-state index < -0.39 is 0 Å². The summed E-state index contributed by atoms with van der Waals surface area (Å²) in [5, 5.41) is 2.30. The van der Waals surface area contributed by atoms with Crippen molar-refractivity contribution in [2.24, 2.45) is 11.3 Å². The van der Waals surface area contributed by atoms with Gasteiger partial charge in [-0.25, -0.2) is 0 Å². The maximum Gasteiger partial charge on any atom is 0.317 e. The van der Waals surface area contributed by atoms with Crippen molar-refractivity contribution in [1.82, 2.24) is 0 Å². The molecule has 4 rings (SSSR count). The fourth-order valence-electron chi connectivity index (χ4n) is 4.70. The minimum Gasteiger partial charge on any atom is -0.426 e. The predicted molar refractivity (Wildman–Crippen MR) is 92.4 cm³/mol. The van der Waals surface area contributed by atoms with E-state index >= 15 is 0 Å². The standard InChI is InChI=1S/C21H24O2/c22-20(21-13-5-3-9-18(21)10-4-6-14-21)23-19-12-11-16-7-1-2-8-17(16)15-19/h1-2,7-8,11-12,15,18H,3-6,9-10,13-14H2. The first-order chi connectivity index (χ1) is 11.3. The van der Waals surface area contributed by atoms with E-state index in [1.807, 2.05) is 30.3 Å². The molecule has 0 bridgehead atoms. The van der Waals surface area contributed by atoms with Gasteiger partial charge in [-0.05, 0) is 54.5 Å².